The lowest BCUT2D eigenvalue weighted by Gasteiger charge is -2.31. The lowest BCUT2D eigenvalue weighted by atomic mass is 10.1. The van der Waals surface area contributed by atoms with Gasteiger partial charge in [-0.15, -0.1) is 0 Å². The van der Waals surface area contributed by atoms with Crippen molar-refractivity contribution in [3.8, 4) is 11.5 Å². The third kappa shape index (κ3) is 5.52. The summed E-state index contributed by atoms with van der Waals surface area (Å²) in [6.07, 6.45) is 3.75. The van der Waals surface area contributed by atoms with Gasteiger partial charge in [0, 0.05) is 30.9 Å². The van der Waals surface area contributed by atoms with Crippen LogP contribution >= 0.6 is 0 Å². The number of aromatic nitrogens is 1. The van der Waals surface area contributed by atoms with Crippen LogP contribution in [0.25, 0.3) is 0 Å². The van der Waals surface area contributed by atoms with E-state index >= 15 is 0 Å². The molecule has 1 aromatic heterocycles. The Balaban J connectivity index is 1.34. The maximum atomic E-state index is 13.0. The molecule has 0 atom stereocenters. The van der Waals surface area contributed by atoms with Crippen LogP contribution in [-0.4, -0.2) is 29.7 Å². The first-order valence-electron chi connectivity index (χ1n) is 10.6. The highest BCUT2D eigenvalue weighted by Gasteiger charge is 2.16. The van der Waals surface area contributed by atoms with E-state index in [1.807, 2.05) is 0 Å². The Hall–Kier alpha value is -3.12. The molecule has 0 spiro atoms. The van der Waals surface area contributed by atoms with E-state index in [2.05, 4.69) is 23.1 Å². The van der Waals surface area contributed by atoms with Crippen molar-refractivity contribution in [2.45, 2.75) is 32.5 Å². The highest BCUT2D eigenvalue weighted by Crippen LogP contribution is 2.24. The summed E-state index contributed by atoms with van der Waals surface area (Å²) in [5, 5.41) is 0. The quantitative estimate of drug-likeness (QED) is 0.522. The van der Waals surface area contributed by atoms with E-state index in [1.165, 1.54) is 30.2 Å². The number of nitrogens with zero attached hydrogens (tertiary/aromatic N) is 2. The maximum absolute atomic E-state index is 13.0. The molecule has 5 nitrogen and oxygen atoms in total. The number of likely N-dealkylation sites (tertiary alicyclic amines) is 1. The van der Waals surface area contributed by atoms with Crippen molar-refractivity contribution in [2.75, 3.05) is 20.2 Å². The predicted octanol–water partition coefficient (Wildman–Crippen LogP) is 4.02. The van der Waals surface area contributed by atoms with Crippen molar-refractivity contribution < 1.29 is 13.9 Å². The first-order valence-corrected chi connectivity index (χ1v) is 10.6. The molecule has 0 radical (unpaired) electrons. The van der Waals surface area contributed by atoms with Gasteiger partial charge in [-0.25, -0.2) is 4.39 Å². The lowest BCUT2D eigenvalue weighted by Crippen LogP contribution is -2.36. The minimum absolute atomic E-state index is 0.113. The van der Waals surface area contributed by atoms with Crippen molar-refractivity contribution in [1.29, 1.82) is 0 Å². The zero-order valence-corrected chi connectivity index (χ0v) is 17.7. The molecule has 1 saturated heterocycles. The summed E-state index contributed by atoms with van der Waals surface area (Å²) in [4.78, 5) is 14.9. The monoisotopic (exact) mass is 422 g/mol. The summed E-state index contributed by atoms with van der Waals surface area (Å²) in [5.74, 6) is 1.12. The van der Waals surface area contributed by atoms with Crippen molar-refractivity contribution >= 4 is 0 Å². The van der Waals surface area contributed by atoms with Gasteiger partial charge in [0.2, 0.25) is 0 Å². The fourth-order valence-electron chi connectivity index (χ4n) is 3.62. The van der Waals surface area contributed by atoms with Crippen molar-refractivity contribution in [1.82, 2.24) is 9.47 Å². The molecule has 31 heavy (non-hydrogen) atoms. The molecule has 0 unspecified atom stereocenters. The molecule has 1 aliphatic rings. The number of ether oxygens (including phenoxy) is 2. The summed E-state index contributed by atoms with van der Waals surface area (Å²) in [6.45, 7) is 4.08. The van der Waals surface area contributed by atoms with Crippen LogP contribution in [0.1, 0.15) is 23.1 Å². The van der Waals surface area contributed by atoms with Gasteiger partial charge in [-0.2, -0.15) is 0 Å². The van der Waals surface area contributed by atoms with Crippen LogP contribution < -0.4 is 15.0 Å². The molecule has 3 aromatic rings. The fourth-order valence-corrected chi connectivity index (χ4v) is 3.62. The molecule has 2 aromatic carbocycles. The molecule has 1 fully saturated rings. The smallest absolute Gasteiger partial charge is 0.254 e. The first kappa shape index (κ1) is 21.1. The van der Waals surface area contributed by atoms with Crippen LogP contribution in [0.15, 0.2) is 65.6 Å². The molecule has 1 aliphatic heterocycles. The van der Waals surface area contributed by atoms with Gasteiger partial charge in [-0.3, -0.25) is 9.69 Å². The van der Waals surface area contributed by atoms with Gasteiger partial charge in [-0.05, 0) is 61.3 Å². The molecule has 6 heteroatoms. The van der Waals surface area contributed by atoms with E-state index in [-0.39, 0.29) is 18.0 Å². The minimum atomic E-state index is -0.283. The number of rotatable bonds is 9. The SMILES string of the molecule is COc1cc(CCn2ccc(OCc3ccc(F)cc3)cc2=O)ccc1CN1CCC1. The summed E-state index contributed by atoms with van der Waals surface area (Å²) < 4.78 is 25.9. The van der Waals surface area contributed by atoms with Crippen molar-refractivity contribution in [3.63, 3.8) is 0 Å². The van der Waals surface area contributed by atoms with Crippen molar-refractivity contribution in [2.24, 2.45) is 0 Å². The van der Waals surface area contributed by atoms with Gasteiger partial charge in [0.15, 0.2) is 0 Å². The first-order chi connectivity index (χ1) is 15.1. The van der Waals surface area contributed by atoms with E-state index in [4.69, 9.17) is 9.47 Å². The second-order valence-corrected chi connectivity index (χ2v) is 7.84. The number of hydrogen-bond donors (Lipinski definition) is 0. The maximum Gasteiger partial charge on any atom is 0.254 e. The average molecular weight is 423 g/mol. The van der Waals surface area contributed by atoms with Crippen LogP contribution in [0.3, 0.4) is 0 Å². The number of pyridine rings is 1. The Morgan fingerprint density at radius 3 is 2.45 bits per heavy atom. The largest absolute Gasteiger partial charge is 0.496 e. The van der Waals surface area contributed by atoms with Crippen molar-refractivity contribution in [3.05, 3.63) is 93.7 Å². The van der Waals surface area contributed by atoms with Crippen LogP contribution in [-0.2, 0) is 26.1 Å². The number of benzene rings is 2. The van der Waals surface area contributed by atoms with Crippen LogP contribution in [0, 0.1) is 5.82 Å². The fraction of sp³-hybridized carbons (Fsp3) is 0.320. The van der Waals surface area contributed by atoms with Gasteiger partial charge in [0.25, 0.3) is 5.56 Å². The van der Waals surface area contributed by atoms with Crippen LogP contribution in [0.4, 0.5) is 4.39 Å². The Kier molecular flexibility index (Phi) is 6.67. The van der Waals surface area contributed by atoms with E-state index in [0.717, 1.165) is 42.9 Å². The number of aryl methyl sites for hydroxylation is 2. The molecule has 0 bridgehead atoms. The zero-order chi connectivity index (χ0) is 21.6. The van der Waals surface area contributed by atoms with E-state index in [1.54, 1.807) is 36.1 Å². The molecule has 4 rings (SSSR count). The van der Waals surface area contributed by atoms with E-state index < -0.39 is 0 Å². The highest BCUT2D eigenvalue weighted by atomic mass is 19.1. The second kappa shape index (κ2) is 9.79. The Bertz CT molecular complexity index is 1070. The topological polar surface area (TPSA) is 43.7 Å². The molecular weight excluding hydrogens is 395 g/mol. The molecular formula is C25H27FN2O3. The molecule has 2 heterocycles. The van der Waals surface area contributed by atoms with Gasteiger partial charge >= 0.3 is 0 Å². The van der Waals surface area contributed by atoms with E-state index in [9.17, 15) is 9.18 Å². The van der Waals surface area contributed by atoms with Gasteiger partial charge < -0.3 is 14.0 Å². The Morgan fingerprint density at radius 1 is 1.00 bits per heavy atom. The Labute approximate surface area is 181 Å². The second-order valence-electron chi connectivity index (χ2n) is 7.84. The standard InChI is InChI=1S/C25H27FN2O3/c1-30-24-15-19(3-6-21(24)17-27-11-2-12-27)9-13-28-14-10-23(16-25(28)29)31-18-20-4-7-22(26)8-5-20/h3-8,10,14-16H,2,9,11-13,17-18H2,1H3. The molecule has 162 valence electrons. The number of halogens is 1. The number of methoxy groups -OCH3 is 1. The summed E-state index contributed by atoms with van der Waals surface area (Å²) >= 11 is 0. The normalized spacial score (nSPS) is 13.6. The van der Waals surface area contributed by atoms with Crippen LogP contribution in [0.5, 0.6) is 11.5 Å². The third-order valence-corrected chi connectivity index (χ3v) is 5.62. The predicted molar refractivity (Wildman–Crippen MR) is 118 cm³/mol. The lowest BCUT2D eigenvalue weighted by molar-refractivity contribution is 0.170. The van der Waals surface area contributed by atoms with Gasteiger partial charge in [0.1, 0.15) is 23.9 Å². The summed E-state index contributed by atoms with van der Waals surface area (Å²) in [7, 11) is 1.70. The summed E-state index contributed by atoms with van der Waals surface area (Å²) in [5.41, 5.74) is 3.06. The van der Waals surface area contributed by atoms with Crippen LogP contribution in [0.2, 0.25) is 0 Å². The van der Waals surface area contributed by atoms with E-state index in [0.29, 0.717) is 12.3 Å². The summed E-state index contributed by atoms with van der Waals surface area (Å²) in [6, 6.07) is 15.7. The van der Waals surface area contributed by atoms with Gasteiger partial charge in [0.05, 0.1) is 7.11 Å². The highest BCUT2D eigenvalue weighted by molar-refractivity contribution is 5.38. The average Bonchev–Trinajstić information content (AvgIpc) is 2.75. The number of hydrogen-bond acceptors (Lipinski definition) is 4. The molecule has 0 N–H and O–H groups in total. The third-order valence-electron chi connectivity index (χ3n) is 5.62. The minimum Gasteiger partial charge on any atom is -0.496 e. The molecule has 0 saturated carbocycles. The molecule has 0 aliphatic carbocycles. The molecule has 0 amide bonds. The zero-order valence-electron chi connectivity index (χ0n) is 17.7. The Morgan fingerprint density at radius 2 is 1.77 bits per heavy atom. The van der Waals surface area contributed by atoms with Gasteiger partial charge in [-0.1, -0.05) is 24.3 Å².